The second-order valence-electron chi connectivity index (χ2n) is 8.22. The predicted molar refractivity (Wildman–Crippen MR) is 131 cm³/mol. The van der Waals surface area contributed by atoms with Gasteiger partial charge >= 0.3 is 0 Å². The van der Waals surface area contributed by atoms with E-state index in [4.69, 9.17) is 17.3 Å². The van der Waals surface area contributed by atoms with Crippen LogP contribution in [0.4, 0.5) is 0 Å². The molecule has 0 spiro atoms. The average Bonchev–Trinajstić information content (AvgIpc) is 3.36. The molecule has 1 aliphatic heterocycles. The van der Waals surface area contributed by atoms with Gasteiger partial charge in [0.1, 0.15) is 0 Å². The third-order valence-electron chi connectivity index (χ3n) is 5.85. The third kappa shape index (κ3) is 4.34. The van der Waals surface area contributed by atoms with Crippen LogP contribution in [-0.4, -0.2) is 58.1 Å². The molecule has 1 aromatic carbocycles. The third-order valence-corrected chi connectivity index (χ3v) is 9.35. The molecule has 0 unspecified atom stereocenters. The summed E-state index contributed by atoms with van der Waals surface area (Å²) in [5.74, 6) is 0.888. The van der Waals surface area contributed by atoms with E-state index < -0.39 is 10.0 Å². The van der Waals surface area contributed by atoms with Crippen LogP contribution < -0.4 is 0 Å². The lowest BCUT2D eigenvalue weighted by atomic mass is 10.1. The zero-order valence-corrected chi connectivity index (χ0v) is 21.4. The van der Waals surface area contributed by atoms with Crippen molar-refractivity contribution in [2.24, 2.45) is 0 Å². The van der Waals surface area contributed by atoms with Crippen molar-refractivity contribution >= 4 is 33.6 Å². The van der Waals surface area contributed by atoms with Gasteiger partial charge in [-0.2, -0.15) is 4.31 Å². The Morgan fingerprint density at radius 1 is 1.09 bits per heavy atom. The van der Waals surface area contributed by atoms with Crippen LogP contribution in [0.2, 0.25) is 0 Å². The maximum atomic E-state index is 13.3. The van der Waals surface area contributed by atoms with Gasteiger partial charge in [-0.15, -0.1) is 16.4 Å². The highest BCUT2D eigenvalue weighted by molar-refractivity contribution is 7.89. The molecule has 0 radical (unpaired) electrons. The van der Waals surface area contributed by atoms with Gasteiger partial charge in [-0.3, -0.25) is 9.47 Å². The number of sulfonamides is 1. The molecule has 0 atom stereocenters. The first-order chi connectivity index (χ1) is 15.2. The van der Waals surface area contributed by atoms with Gasteiger partial charge in [-0.1, -0.05) is 23.8 Å². The maximum Gasteiger partial charge on any atom is 0.243 e. The average molecular weight is 492 g/mol. The minimum absolute atomic E-state index is 0.445. The van der Waals surface area contributed by atoms with Crippen molar-refractivity contribution in [2.75, 3.05) is 26.2 Å². The van der Waals surface area contributed by atoms with E-state index in [2.05, 4.69) is 17.9 Å². The second-order valence-corrected chi connectivity index (χ2v) is 11.4. The molecule has 10 heteroatoms. The molecule has 0 bridgehead atoms. The zero-order chi connectivity index (χ0) is 23.0. The molecule has 1 aliphatic rings. The first kappa shape index (κ1) is 23.3. The highest BCUT2D eigenvalue weighted by Gasteiger charge is 2.31. The minimum Gasteiger partial charge on any atom is -0.300 e. The molecule has 0 N–H and O–H groups in total. The molecule has 2 aromatic heterocycles. The van der Waals surface area contributed by atoms with Gasteiger partial charge in [0.05, 0.1) is 16.4 Å². The maximum absolute atomic E-state index is 13.3. The monoisotopic (exact) mass is 491 g/mol. The van der Waals surface area contributed by atoms with E-state index >= 15 is 0 Å². The van der Waals surface area contributed by atoms with Crippen LogP contribution in [0.15, 0.2) is 34.5 Å². The highest BCUT2D eigenvalue weighted by atomic mass is 32.2. The normalized spacial score (nSPS) is 16.0. The molecule has 32 heavy (non-hydrogen) atoms. The van der Waals surface area contributed by atoms with Crippen LogP contribution in [-0.2, 0) is 23.2 Å². The van der Waals surface area contributed by atoms with Crippen LogP contribution in [0.5, 0.6) is 0 Å². The van der Waals surface area contributed by atoms with E-state index in [9.17, 15) is 8.42 Å². The number of hydrogen-bond donors (Lipinski definition) is 0. The van der Waals surface area contributed by atoms with Gasteiger partial charge in [-0.25, -0.2) is 13.1 Å². The van der Waals surface area contributed by atoms with Crippen molar-refractivity contribution in [3.63, 3.8) is 0 Å². The SMILES string of the molecule is CCn1c(-c2cccs2)nn(CN2CCN(S(=O)(=O)c3c(C)cc(C)cc3C)CC2)c1=S. The molecular formula is C22H29N5O2S3. The molecule has 7 nitrogen and oxygen atoms in total. The summed E-state index contributed by atoms with van der Waals surface area (Å²) in [5.41, 5.74) is 2.69. The summed E-state index contributed by atoms with van der Waals surface area (Å²) in [6, 6.07) is 7.94. The fraction of sp³-hybridized carbons (Fsp3) is 0.455. The molecule has 3 heterocycles. The summed E-state index contributed by atoms with van der Waals surface area (Å²) in [4.78, 5) is 3.75. The van der Waals surface area contributed by atoms with Crippen molar-refractivity contribution in [2.45, 2.75) is 45.8 Å². The fourth-order valence-corrected chi connectivity index (χ4v) is 7.28. The Bertz CT molecular complexity index is 1240. The van der Waals surface area contributed by atoms with E-state index in [0.29, 0.717) is 42.5 Å². The molecule has 0 amide bonds. The van der Waals surface area contributed by atoms with Crippen LogP contribution in [0, 0.1) is 25.5 Å². The topological polar surface area (TPSA) is 63.4 Å². The Kier molecular flexibility index (Phi) is 6.69. The van der Waals surface area contributed by atoms with Gasteiger partial charge in [-0.05, 0) is 62.5 Å². The molecule has 1 fully saturated rings. The van der Waals surface area contributed by atoms with Crippen LogP contribution in [0.1, 0.15) is 23.6 Å². The number of piperazine rings is 1. The van der Waals surface area contributed by atoms with Crippen molar-refractivity contribution in [3.05, 3.63) is 51.1 Å². The fourth-order valence-electron chi connectivity index (χ4n) is 4.41. The zero-order valence-electron chi connectivity index (χ0n) is 18.9. The van der Waals surface area contributed by atoms with Gasteiger partial charge in [0.2, 0.25) is 10.0 Å². The van der Waals surface area contributed by atoms with Gasteiger partial charge in [0.15, 0.2) is 10.6 Å². The Morgan fingerprint density at radius 3 is 2.31 bits per heavy atom. The Labute approximate surface area is 199 Å². The molecule has 172 valence electrons. The number of hydrogen-bond acceptors (Lipinski definition) is 6. The lowest BCUT2D eigenvalue weighted by Crippen LogP contribution is -2.49. The number of thiophene rings is 1. The van der Waals surface area contributed by atoms with E-state index in [1.54, 1.807) is 15.6 Å². The molecule has 0 aliphatic carbocycles. The van der Waals surface area contributed by atoms with Crippen LogP contribution in [0.3, 0.4) is 0 Å². The quantitative estimate of drug-likeness (QED) is 0.487. The van der Waals surface area contributed by atoms with Crippen LogP contribution in [0.25, 0.3) is 10.7 Å². The lowest BCUT2D eigenvalue weighted by molar-refractivity contribution is 0.144. The number of aryl methyl sites for hydroxylation is 3. The summed E-state index contributed by atoms with van der Waals surface area (Å²) >= 11 is 7.32. The molecule has 4 rings (SSSR count). The van der Waals surface area contributed by atoms with Gasteiger partial charge < -0.3 is 0 Å². The summed E-state index contributed by atoms with van der Waals surface area (Å²) in [6.07, 6.45) is 0. The lowest BCUT2D eigenvalue weighted by Gasteiger charge is -2.34. The highest BCUT2D eigenvalue weighted by Crippen LogP contribution is 2.27. The number of benzene rings is 1. The number of rotatable bonds is 6. The Hall–Kier alpha value is -1.85. The van der Waals surface area contributed by atoms with E-state index in [1.807, 2.05) is 53.6 Å². The first-order valence-electron chi connectivity index (χ1n) is 10.7. The summed E-state index contributed by atoms with van der Waals surface area (Å²) in [5, 5.41) is 6.81. The smallest absolute Gasteiger partial charge is 0.243 e. The van der Waals surface area contributed by atoms with Crippen LogP contribution >= 0.6 is 23.6 Å². The number of nitrogens with zero attached hydrogens (tertiary/aromatic N) is 5. The van der Waals surface area contributed by atoms with E-state index in [0.717, 1.165) is 33.9 Å². The van der Waals surface area contributed by atoms with E-state index in [-0.39, 0.29) is 0 Å². The Balaban J connectivity index is 1.49. The second kappa shape index (κ2) is 9.18. The molecule has 3 aromatic rings. The predicted octanol–water partition coefficient (Wildman–Crippen LogP) is 4.05. The summed E-state index contributed by atoms with van der Waals surface area (Å²) < 4.78 is 32.9. The van der Waals surface area contributed by atoms with Crippen molar-refractivity contribution in [1.29, 1.82) is 0 Å². The van der Waals surface area contributed by atoms with Crippen molar-refractivity contribution < 1.29 is 8.42 Å². The van der Waals surface area contributed by atoms with Gasteiger partial charge in [0.25, 0.3) is 0 Å². The first-order valence-corrected chi connectivity index (χ1v) is 13.5. The largest absolute Gasteiger partial charge is 0.300 e. The minimum atomic E-state index is -3.52. The van der Waals surface area contributed by atoms with Crippen molar-refractivity contribution in [1.82, 2.24) is 23.6 Å². The molecule has 0 saturated carbocycles. The standard InChI is InChI=1S/C22H29N5O2S3/c1-5-26-21(19-7-6-12-31-19)23-27(22(26)30)15-24-8-10-25(11-9-24)32(28,29)20-17(3)13-16(2)14-18(20)4/h6-7,12-14H,5,8-11,15H2,1-4H3. The van der Waals surface area contributed by atoms with Gasteiger partial charge in [0, 0.05) is 32.7 Å². The van der Waals surface area contributed by atoms with E-state index in [1.165, 1.54) is 0 Å². The van der Waals surface area contributed by atoms with Crippen molar-refractivity contribution in [3.8, 4) is 10.7 Å². The molecular weight excluding hydrogens is 462 g/mol. The summed E-state index contributed by atoms with van der Waals surface area (Å²) in [7, 11) is -3.52. The number of aromatic nitrogens is 3. The Morgan fingerprint density at radius 2 is 1.75 bits per heavy atom. The summed E-state index contributed by atoms with van der Waals surface area (Å²) in [6.45, 7) is 11.3. The molecule has 1 saturated heterocycles.